The van der Waals surface area contributed by atoms with Crippen molar-refractivity contribution in [2.45, 2.75) is 32.3 Å². The molecule has 0 radical (unpaired) electrons. The molecular weight excluding hydrogens is 300 g/mol. The Morgan fingerprint density at radius 3 is 2.27 bits per heavy atom. The highest BCUT2D eigenvalue weighted by Crippen LogP contribution is 2.36. The molecule has 0 atom stereocenters. The van der Waals surface area contributed by atoms with Crippen molar-refractivity contribution in [1.29, 1.82) is 0 Å². The third-order valence-corrected chi connectivity index (χ3v) is 2.45. The van der Waals surface area contributed by atoms with E-state index in [1.807, 2.05) is 0 Å². The number of nitrogens with one attached hydrogen (secondary N) is 1. The van der Waals surface area contributed by atoms with Crippen molar-refractivity contribution in [2.24, 2.45) is 0 Å². The fraction of sp³-hybridized carbons (Fsp3) is 0.429. The van der Waals surface area contributed by atoms with Crippen LogP contribution in [0.4, 0.5) is 19.3 Å². The molecule has 0 unspecified atom stereocenters. The predicted octanol–water partition coefficient (Wildman–Crippen LogP) is 3.22. The maximum atomic E-state index is 13.6. The van der Waals surface area contributed by atoms with E-state index in [-0.39, 0.29) is 11.4 Å². The highest BCUT2D eigenvalue weighted by Gasteiger charge is 2.43. The molecule has 1 rings (SSSR count). The van der Waals surface area contributed by atoms with Gasteiger partial charge in [0.2, 0.25) is 0 Å². The number of hydrogen-bond donors (Lipinski definition) is 2. The number of carboxylic acids is 1. The summed E-state index contributed by atoms with van der Waals surface area (Å²) >= 11 is 0. The van der Waals surface area contributed by atoms with Gasteiger partial charge in [0.05, 0.1) is 12.7 Å². The summed E-state index contributed by atoms with van der Waals surface area (Å²) in [6, 6.07) is 3.11. The Hall–Kier alpha value is -2.38. The van der Waals surface area contributed by atoms with Crippen LogP contribution in [0, 0.1) is 0 Å². The third kappa shape index (κ3) is 4.31. The second-order valence-corrected chi connectivity index (χ2v) is 5.42. The molecule has 1 aromatic carbocycles. The number of benzene rings is 1. The number of ether oxygens (including phenoxy) is 2. The van der Waals surface area contributed by atoms with Gasteiger partial charge in [-0.3, -0.25) is 5.32 Å². The first-order chi connectivity index (χ1) is 9.97. The molecule has 6 nitrogen and oxygen atoms in total. The van der Waals surface area contributed by atoms with Crippen LogP contribution in [0.3, 0.4) is 0 Å². The summed E-state index contributed by atoms with van der Waals surface area (Å²) in [6.45, 7) is 5.01. The summed E-state index contributed by atoms with van der Waals surface area (Å²) in [5.41, 5.74) is -1.39. The molecule has 0 aliphatic rings. The lowest BCUT2D eigenvalue weighted by molar-refractivity contribution is -0.166. The van der Waals surface area contributed by atoms with Gasteiger partial charge >= 0.3 is 18.0 Å². The summed E-state index contributed by atoms with van der Waals surface area (Å²) in [6.07, 6.45) is -0.771. The smallest absolute Gasteiger partial charge is 0.412 e. The highest BCUT2D eigenvalue weighted by molar-refractivity contribution is 5.86. The quantitative estimate of drug-likeness (QED) is 0.890. The van der Waals surface area contributed by atoms with Gasteiger partial charge in [-0.1, -0.05) is 0 Å². The van der Waals surface area contributed by atoms with Crippen LogP contribution in [-0.2, 0) is 15.5 Å². The zero-order chi connectivity index (χ0) is 17.1. The number of amides is 1. The Morgan fingerprint density at radius 2 is 1.82 bits per heavy atom. The van der Waals surface area contributed by atoms with E-state index in [0.29, 0.717) is 0 Å². The van der Waals surface area contributed by atoms with Gasteiger partial charge in [0.15, 0.2) is 0 Å². The fourth-order valence-electron chi connectivity index (χ4n) is 1.57. The predicted molar refractivity (Wildman–Crippen MR) is 74.4 cm³/mol. The minimum Gasteiger partial charge on any atom is -0.496 e. The Morgan fingerprint density at radius 1 is 1.23 bits per heavy atom. The molecule has 2 N–H and O–H groups in total. The second kappa shape index (κ2) is 6.17. The Kier molecular flexibility index (Phi) is 4.95. The Bertz CT molecular complexity index is 581. The van der Waals surface area contributed by atoms with Gasteiger partial charge in [-0.15, -0.1) is 0 Å². The van der Waals surface area contributed by atoms with Crippen LogP contribution in [0.15, 0.2) is 18.2 Å². The van der Waals surface area contributed by atoms with Crippen molar-refractivity contribution < 1.29 is 33.0 Å². The monoisotopic (exact) mass is 317 g/mol. The normalized spacial score (nSPS) is 11.7. The van der Waals surface area contributed by atoms with E-state index in [9.17, 15) is 18.4 Å². The molecule has 0 spiro atoms. The molecule has 0 bridgehead atoms. The van der Waals surface area contributed by atoms with E-state index in [1.165, 1.54) is 0 Å². The summed E-state index contributed by atoms with van der Waals surface area (Å²) < 4.78 is 36.9. The number of alkyl halides is 2. The van der Waals surface area contributed by atoms with Crippen LogP contribution in [0.1, 0.15) is 26.3 Å². The van der Waals surface area contributed by atoms with Crippen molar-refractivity contribution in [2.75, 3.05) is 12.4 Å². The topological polar surface area (TPSA) is 84.9 Å². The molecule has 8 heteroatoms. The zero-order valence-electron chi connectivity index (χ0n) is 12.6. The highest BCUT2D eigenvalue weighted by atomic mass is 19.3. The molecule has 22 heavy (non-hydrogen) atoms. The van der Waals surface area contributed by atoms with Crippen molar-refractivity contribution in [3.63, 3.8) is 0 Å². The molecule has 1 amide bonds. The van der Waals surface area contributed by atoms with Gasteiger partial charge in [0.25, 0.3) is 0 Å². The molecular formula is C14H17F2NO5. The molecule has 1 aromatic rings. The average Bonchev–Trinajstić information content (AvgIpc) is 2.35. The van der Waals surface area contributed by atoms with E-state index < -0.39 is 29.1 Å². The SMILES string of the molecule is COc1cc(NC(=O)OC(C)(C)C)ccc1C(F)(F)C(=O)O. The molecule has 0 aromatic heterocycles. The molecule has 0 saturated heterocycles. The molecule has 0 heterocycles. The van der Waals surface area contributed by atoms with Crippen molar-refractivity contribution in [3.8, 4) is 5.75 Å². The molecule has 0 aliphatic carbocycles. The minimum absolute atomic E-state index is 0.135. The van der Waals surface area contributed by atoms with Crippen LogP contribution in [0.25, 0.3) is 0 Å². The number of rotatable bonds is 4. The number of anilines is 1. The van der Waals surface area contributed by atoms with E-state index in [0.717, 1.165) is 25.3 Å². The summed E-state index contributed by atoms with van der Waals surface area (Å²) in [4.78, 5) is 22.2. The third-order valence-electron chi connectivity index (χ3n) is 2.45. The lowest BCUT2D eigenvalue weighted by Crippen LogP contribution is -2.28. The van der Waals surface area contributed by atoms with Crippen molar-refractivity contribution in [1.82, 2.24) is 0 Å². The minimum atomic E-state index is -4.10. The maximum Gasteiger partial charge on any atom is 0.412 e. The first-order valence-electron chi connectivity index (χ1n) is 6.27. The van der Waals surface area contributed by atoms with Gasteiger partial charge in [-0.25, -0.2) is 9.59 Å². The molecule has 122 valence electrons. The zero-order valence-corrected chi connectivity index (χ0v) is 12.6. The maximum absolute atomic E-state index is 13.6. The lowest BCUT2D eigenvalue weighted by atomic mass is 10.1. The van der Waals surface area contributed by atoms with E-state index in [2.05, 4.69) is 5.32 Å². The van der Waals surface area contributed by atoms with Gasteiger partial charge in [-0.05, 0) is 32.9 Å². The van der Waals surface area contributed by atoms with Gasteiger partial charge in [0.1, 0.15) is 11.4 Å². The van der Waals surface area contributed by atoms with Crippen LogP contribution in [0.5, 0.6) is 5.75 Å². The average molecular weight is 317 g/mol. The van der Waals surface area contributed by atoms with Crippen LogP contribution in [0.2, 0.25) is 0 Å². The number of carbonyl (C=O) groups excluding carboxylic acids is 1. The Labute approximate surface area is 126 Å². The van der Waals surface area contributed by atoms with Crippen molar-refractivity contribution in [3.05, 3.63) is 23.8 Å². The number of hydrogen-bond acceptors (Lipinski definition) is 4. The van der Waals surface area contributed by atoms with Gasteiger partial charge < -0.3 is 14.6 Å². The van der Waals surface area contributed by atoms with E-state index in [4.69, 9.17) is 14.6 Å². The van der Waals surface area contributed by atoms with Crippen molar-refractivity contribution >= 4 is 17.7 Å². The summed E-state index contributed by atoms with van der Waals surface area (Å²) in [5, 5.41) is 10.9. The van der Waals surface area contributed by atoms with Gasteiger partial charge in [0, 0.05) is 11.8 Å². The number of carboxylic acid groups (broad SMARTS) is 1. The first-order valence-corrected chi connectivity index (χ1v) is 6.27. The van der Waals surface area contributed by atoms with E-state index >= 15 is 0 Å². The van der Waals surface area contributed by atoms with Crippen LogP contribution < -0.4 is 10.1 Å². The fourth-order valence-corrected chi connectivity index (χ4v) is 1.57. The molecule has 0 fully saturated rings. The van der Waals surface area contributed by atoms with Crippen LogP contribution >= 0.6 is 0 Å². The number of methoxy groups -OCH3 is 1. The summed E-state index contributed by atoms with van der Waals surface area (Å²) in [7, 11) is 1.12. The lowest BCUT2D eigenvalue weighted by Gasteiger charge is -2.20. The summed E-state index contributed by atoms with van der Waals surface area (Å²) in [5.74, 6) is -6.75. The Balaban J connectivity index is 3.04. The number of aliphatic carboxylic acids is 1. The first kappa shape index (κ1) is 17.7. The van der Waals surface area contributed by atoms with Crippen LogP contribution in [-0.4, -0.2) is 29.9 Å². The molecule has 0 saturated carbocycles. The number of carbonyl (C=O) groups is 2. The van der Waals surface area contributed by atoms with E-state index in [1.54, 1.807) is 20.8 Å². The largest absolute Gasteiger partial charge is 0.496 e. The van der Waals surface area contributed by atoms with Gasteiger partial charge in [-0.2, -0.15) is 8.78 Å². The number of halogens is 2. The second-order valence-electron chi connectivity index (χ2n) is 5.42. The molecule has 0 aliphatic heterocycles. The standard InChI is InChI=1S/C14H17F2NO5/c1-13(2,3)22-12(20)17-8-5-6-9(10(7-8)21-4)14(15,16)11(18)19/h5-7H,1-4H3,(H,17,20)(H,18,19).